The molecule has 162 valence electrons. The van der Waals surface area contributed by atoms with Gasteiger partial charge in [0.1, 0.15) is 17.2 Å². The lowest BCUT2D eigenvalue weighted by Gasteiger charge is -2.28. The zero-order valence-corrected chi connectivity index (χ0v) is 19.1. The van der Waals surface area contributed by atoms with Crippen molar-refractivity contribution in [2.24, 2.45) is 0 Å². The van der Waals surface area contributed by atoms with Gasteiger partial charge < -0.3 is 15.0 Å². The molecule has 0 spiro atoms. The average Bonchev–Trinajstić information content (AvgIpc) is 3.52. The van der Waals surface area contributed by atoms with Gasteiger partial charge in [-0.1, -0.05) is 18.9 Å². The Kier molecular flexibility index (Phi) is 6.73. The van der Waals surface area contributed by atoms with Crippen LogP contribution in [0.25, 0.3) is 6.08 Å². The van der Waals surface area contributed by atoms with Crippen molar-refractivity contribution in [3.63, 3.8) is 0 Å². The number of rotatable bonds is 5. The fraction of sp³-hybridized carbons (Fsp3) is 0.435. The van der Waals surface area contributed by atoms with Crippen LogP contribution < -0.4 is 5.32 Å². The molecule has 0 aliphatic heterocycles. The standard InChI is InChI=1S/C23H25N3O3S2/c1-26(15-5-2-3-6-15)23(28)29-16-8-10-18-19(14-24)22(31-20(18)13-16)25-21(27)11-9-17-7-4-12-30-17/h4,7,9,11-12,15-16H,2-3,5-6,8,10,13H2,1H3,(H,25,27)/b11-9+. The van der Waals surface area contributed by atoms with Gasteiger partial charge in [-0.2, -0.15) is 5.26 Å². The van der Waals surface area contributed by atoms with Crippen LogP contribution in [0.4, 0.5) is 9.80 Å². The van der Waals surface area contributed by atoms with Gasteiger partial charge in [0, 0.05) is 35.3 Å². The monoisotopic (exact) mass is 455 g/mol. The van der Waals surface area contributed by atoms with Crippen molar-refractivity contribution in [2.75, 3.05) is 12.4 Å². The van der Waals surface area contributed by atoms with Crippen LogP contribution in [0.5, 0.6) is 0 Å². The molecule has 2 aromatic heterocycles. The number of hydrogen-bond acceptors (Lipinski definition) is 6. The van der Waals surface area contributed by atoms with Crippen LogP contribution >= 0.6 is 22.7 Å². The number of hydrogen-bond donors (Lipinski definition) is 1. The first kappa shape index (κ1) is 21.6. The molecule has 2 aliphatic rings. The van der Waals surface area contributed by atoms with Gasteiger partial charge in [0.15, 0.2) is 0 Å². The number of thiophene rings is 2. The summed E-state index contributed by atoms with van der Waals surface area (Å²) in [7, 11) is 1.82. The summed E-state index contributed by atoms with van der Waals surface area (Å²) >= 11 is 2.97. The van der Waals surface area contributed by atoms with Crippen molar-refractivity contribution in [2.45, 2.75) is 57.1 Å². The maximum Gasteiger partial charge on any atom is 0.410 e. The maximum atomic E-state index is 12.5. The summed E-state index contributed by atoms with van der Waals surface area (Å²) in [4.78, 5) is 28.6. The molecule has 1 saturated carbocycles. The highest BCUT2D eigenvalue weighted by Crippen LogP contribution is 2.38. The van der Waals surface area contributed by atoms with E-state index in [1.165, 1.54) is 17.4 Å². The summed E-state index contributed by atoms with van der Waals surface area (Å²) < 4.78 is 5.78. The van der Waals surface area contributed by atoms with Gasteiger partial charge >= 0.3 is 6.09 Å². The first-order valence-corrected chi connectivity index (χ1v) is 12.3. The number of fused-ring (bicyclic) bond motifs is 1. The number of amides is 2. The first-order chi connectivity index (χ1) is 15.0. The Labute approximate surface area is 190 Å². The third-order valence-corrected chi connectivity index (χ3v) is 7.95. The van der Waals surface area contributed by atoms with Crippen molar-refractivity contribution in [1.82, 2.24) is 4.90 Å². The topological polar surface area (TPSA) is 82.4 Å². The molecular formula is C23H25N3O3S2. The van der Waals surface area contributed by atoms with Crippen molar-refractivity contribution in [1.29, 1.82) is 5.26 Å². The number of anilines is 1. The Morgan fingerprint density at radius 3 is 2.84 bits per heavy atom. The third-order valence-electron chi connectivity index (χ3n) is 5.94. The van der Waals surface area contributed by atoms with E-state index in [1.807, 2.05) is 24.6 Å². The molecule has 0 saturated heterocycles. The zero-order valence-electron chi connectivity index (χ0n) is 17.4. The Bertz CT molecular complexity index is 1010. The number of carbonyl (C=O) groups is 2. The van der Waals surface area contributed by atoms with E-state index in [9.17, 15) is 14.9 Å². The zero-order chi connectivity index (χ0) is 21.8. The van der Waals surface area contributed by atoms with E-state index in [2.05, 4.69) is 11.4 Å². The molecule has 6 nitrogen and oxygen atoms in total. The van der Waals surface area contributed by atoms with Gasteiger partial charge in [-0.05, 0) is 48.8 Å². The predicted molar refractivity (Wildman–Crippen MR) is 123 cm³/mol. The van der Waals surface area contributed by atoms with Gasteiger partial charge in [0.2, 0.25) is 5.91 Å². The molecule has 2 aliphatic carbocycles. The van der Waals surface area contributed by atoms with Crippen molar-refractivity contribution in [3.8, 4) is 6.07 Å². The molecule has 31 heavy (non-hydrogen) atoms. The Hall–Kier alpha value is -2.63. The summed E-state index contributed by atoms with van der Waals surface area (Å²) in [6.07, 6.45) is 9.14. The highest BCUT2D eigenvalue weighted by molar-refractivity contribution is 7.16. The SMILES string of the molecule is CN(C(=O)OC1CCc2c(sc(NC(=O)/C=C/c3cccs3)c2C#N)C1)C1CCCC1. The molecule has 1 atom stereocenters. The summed E-state index contributed by atoms with van der Waals surface area (Å²) in [6.45, 7) is 0. The molecule has 1 fully saturated rings. The minimum absolute atomic E-state index is 0.198. The van der Waals surface area contributed by atoms with Gasteiger partial charge in [0.05, 0.1) is 5.56 Å². The lowest BCUT2D eigenvalue weighted by molar-refractivity contribution is -0.111. The number of nitrogens with zero attached hydrogens (tertiary/aromatic N) is 2. The number of carbonyl (C=O) groups excluding carboxylic acids is 2. The van der Waals surface area contributed by atoms with E-state index in [1.54, 1.807) is 22.3 Å². The van der Waals surface area contributed by atoms with Crippen LogP contribution in [0.1, 0.15) is 53.0 Å². The largest absolute Gasteiger partial charge is 0.446 e. The lowest BCUT2D eigenvalue weighted by atomic mass is 9.94. The number of ether oxygens (including phenoxy) is 1. The van der Waals surface area contributed by atoms with Gasteiger partial charge in [-0.3, -0.25) is 4.79 Å². The molecule has 1 unspecified atom stereocenters. The highest BCUT2D eigenvalue weighted by atomic mass is 32.1. The predicted octanol–water partition coefficient (Wildman–Crippen LogP) is 5.20. The van der Waals surface area contributed by atoms with Crippen LogP contribution in [0.2, 0.25) is 0 Å². The van der Waals surface area contributed by atoms with Gasteiger partial charge in [-0.25, -0.2) is 4.79 Å². The van der Waals surface area contributed by atoms with Crippen LogP contribution in [0, 0.1) is 11.3 Å². The smallest absolute Gasteiger partial charge is 0.410 e. The molecule has 2 aromatic rings. The average molecular weight is 456 g/mol. The molecule has 4 rings (SSSR count). The number of nitriles is 1. The molecule has 2 amide bonds. The summed E-state index contributed by atoms with van der Waals surface area (Å²) in [5.41, 5.74) is 1.51. The van der Waals surface area contributed by atoms with Crippen LogP contribution in [-0.4, -0.2) is 36.1 Å². The van der Waals surface area contributed by atoms with Crippen molar-refractivity contribution < 1.29 is 14.3 Å². The van der Waals surface area contributed by atoms with E-state index in [4.69, 9.17) is 4.74 Å². The quantitative estimate of drug-likeness (QED) is 0.628. The van der Waals surface area contributed by atoms with Crippen LogP contribution in [0.3, 0.4) is 0 Å². The number of nitrogens with one attached hydrogen (secondary N) is 1. The van der Waals surface area contributed by atoms with Gasteiger partial charge in [0.25, 0.3) is 0 Å². The first-order valence-electron chi connectivity index (χ1n) is 10.6. The summed E-state index contributed by atoms with van der Waals surface area (Å²) in [5, 5.41) is 15.0. The molecule has 1 N–H and O–H groups in total. The second kappa shape index (κ2) is 9.67. The normalized spacial score (nSPS) is 18.5. The van der Waals surface area contributed by atoms with E-state index in [0.29, 0.717) is 29.8 Å². The van der Waals surface area contributed by atoms with Gasteiger partial charge in [-0.15, -0.1) is 22.7 Å². The van der Waals surface area contributed by atoms with Crippen molar-refractivity contribution >= 4 is 45.8 Å². The summed E-state index contributed by atoms with van der Waals surface area (Å²) in [5.74, 6) is -0.260. The Morgan fingerprint density at radius 2 is 2.13 bits per heavy atom. The molecule has 2 heterocycles. The van der Waals surface area contributed by atoms with E-state index >= 15 is 0 Å². The fourth-order valence-corrected chi connectivity index (χ4v) is 6.11. The minimum atomic E-state index is -0.260. The lowest BCUT2D eigenvalue weighted by Crippen LogP contribution is -2.38. The van der Waals surface area contributed by atoms with Crippen LogP contribution in [-0.2, 0) is 22.4 Å². The van der Waals surface area contributed by atoms with Crippen LogP contribution in [0.15, 0.2) is 23.6 Å². The molecule has 0 bridgehead atoms. The molecule has 0 aromatic carbocycles. The maximum absolute atomic E-state index is 12.5. The van der Waals surface area contributed by atoms with Crippen molar-refractivity contribution in [3.05, 3.63) is 44.5 Å². The third kappa shape index (κ3) is 5.00. The Morgan fingerprint density at radius 1 is 1.32 bits per heavy atom. The second-order valence-electron chi connectivity index (χ2n) is 7.96. The van der Waals surface area contributed by atoms with E-state index in [-0.39, 0.29) is 24.1 Å². The van der Waals surface area contributed by atoms with E-state index < -0.39 is 0 Å². The molecule has 0 radical (unpaired) electrons. The van der Waals surface area contributed by atoms with E-state index in [0.717, 1.165) is 41.0 Å². The fourth-order valence-electron chi connectivity index (χ4n) is 4.23. The molecular weight excluding hydrogens is 430 g/mol. The minimum Gasteiger partial charge on any atom is -0.446 e. The second-order valence-corrected chi connectivity index (χ2v) is 10.0. The molecule has 8 heteroatoms. The Balaban J connectivity index is 1.40. The highest BCUT2D eigenvalue weighted by Gasteiger charge is 2.31. The summed E-state index contributed by atoms with van der Waals surface area (Å²) in [6, 6.07) is 6.39.